The fourth-order valence-electron chi connectivity index (χ4n) is 2.50. The van der Waals surface area contributed by atoms with Gasteiger partial charge in [0.05, 0.1) is 25.2 Å². The van der Waals surface area contributed by atoms with Gasteiger partial charge in [-0.3, -0.25) is 9.59 Å². The van der Waals surface area contributed by atoms with Crippen LogP contribution in [0.1, 0.15) is 24.5 Å². The maximum atomic E-state index is 11.9. The van der Waals surface area contributed by atoms with Crippen LogP contribution >= 0.6 is 11.6 Å². The molecule has 6 nitrogen and oxygen atoms in total. The highest BCUT2D eigenvalue weighted by Crippen LogP contribution is 2.30. The molecule has 1 aliphatic heterocycles. The first-order valence-electron chi connectivity index (χ1n) is 9.71. The van der Waals surface area contributed by atoms with Crippen LogP contribution in [-0.4, -0.2) is 53.3 Å². The van der Waals surface area contributed by atoms with Gasteiger partial charge in [-0.05, 0) is 35.9 Å². The highest BCUT2D eigenvalue weighted by atomic mass is 35.5. The van der Waals surface area contributed by atoms with Gasteiger partial charge in [-0.15, -0.1) is 0 Å². The maximum Gasteiger partial charge on any atom is 0.416 e. The van der Waals surface area contributed by atoms with E-state index >= 15 is 0 Å². The number of rotatable bonds is 3. The number of hydrogen-bond acceptors (Lipinski definition) is 4. The maximum absolute atomic E-state index is 11.9. The zero-order chi connectivity index (χ0) is 24.1. The van der Waals surface area contributed by atoms with E-state index in [2.05, 4.69) is 0 Å². The Morgan fingerprint density at radius 3 is 2.12 bits per heavy atom. The van der Waals surface area contributed by atoms with Crippen LogP contribution in [0.5, 0.6) is 5.75 Å². The number of carbonyl (C=O) groups is 2. The minimum absolute atomic E-state index is 0.0527. The van der Waals surface area contributed by atoms with Crippen molar-refractivity contribution in [1.82, 2.24) is 4.90 Å². The molecule has 0 radical (unpaired) electrons. The van der Waals surface area contributed by atoms with E-state index in [0.717, 1.165) is 30.8 Å². The van der Waals surface area contributed by atoms with Crippen molar-refractivity contribution in [2.24, 2.45) is 0 Å². The number of amides is 1. The third-order valence-corrected chi connectivity index (χ3v) is 4.36. The number of ether oxygens (including phenoxy) is 1. The van der Waals surface area contributed by atoms with Gasteiger partial charge >= 0.3 is 12.1 Å². The van der Waals surface area contributed by atoms with Gasteiger partial charge in [-0.2, -0.15) is 13.2 Å². The summed E-state index contributed by atoms with van der Waals surface area (Å²) in [4.78, 5) is 23.1. The number of carbonyl (C=O) groups excluding carboxylic acids is 1. The zero-order valence-electron chi connectivity index (χ0n) is 17.4. The number of morpholine rings is 1. The Balaban J connectivity index is 0.000000240. The molecule has 1 heterocycles. The summed E-state index contributed by atoms with van der Waals surface area (Å²) in [5.41, 5.74) is -0.0700. The third kappa shape index (κ3) is 11.0. The van der Waals surface area contributed by atoms with Crippen molar-refractivity contribution in [1.29, 1.82) is 0 Å². The fraction of sp³-hybridized carbons (Fsp3) is 0.364. The lowest BCUT2D eigenvalue weighted by Crippen LogP contribution is -2.40. The Morgan fingerprint density at radius 1 is 1.09 bits per heavy atom. The molecule has 10 heteroatoms. The minimum Gasteiger partial charge on any atom is -0.508 e. The number of aliphatic carboxylic acids is 1. The summed E-state index contributed by atoms with van der Waals surface area (Å²) in [5.74, 6) is -0.963. The molecule has 32 heavy (non-hydrogen) atoms. The van der Waals surface area contributed by atoms with Crippen LogP contribution in [0.3, 0.4) is 0 Å². The van der Waals surface area contributed by atoms with Crippen LogP contribution in [0.15, 0.2) is 48.5 Å². The van der Waals surface area contributed by atoms with Gasteiger partial charge < -0.3 is 19.8 Å². The number of alkyl halides is 3. The van der Waals surface area contributed by atoms with E-state index in [1.807, 2.05) is 11.8 Å². The monoisotopic (exact) mass is 475 g/mol. The molecule has 1 aliphatic rings. The van der Waals surface area contributed by atoms with E-state index in [0.29, 0.717) is 30.7 Å². The average molecular weight is 476 g/mol. The molecule has 0 aliphatic carbocycles. The van der Waals surface area contributed by atoms with Crippen molar-refractivity contribution in [2.75, 3.05) is 26.3 Å². The van der Waals surface area contributed by atoms with Gasteiger partial charge in [-0.25, -0.2) is 0 Å². The van der Waals surface area contributed by atoms with E-state index < -0.39 is 17.7 Å². The van der Waals surface area contributed by atoms with E-state index in [-0.39, 0.29) is 18.1 Å². The number of benzene rings is 2. The quantitative estimate of drug-likeness (QED) is 0.675. The lowest BCUT2D eigenvalue weighted by Gasteiger charge is -2.26. The summed E-state index contributed by atoms with van der Waals surface area (Å²) in [6.07, 6.45) is -3.71. The SMILES string of the molecule is CCC(=O)N1CCOCC1.O=C(O)Cc1ccc(Cl)cc1.Oc1cccc(C(F)(F)F)c1. The van der Waals surface area contributed by atoms with Crippen molar-refractivity contribution >= 4 is 23.5 Å². The van der Waals surface area contributed by atoms with E-state index in [1.165, 1.54) is 6.07 Å². The van der Waals surface area contributed by atoms with Crippen molar-refractivity contribution in [2.45, 2.75) is 25.9 Å². The second-order valence-electron chi connectivity index (χ2n) is 6.59. The predicted octanol–water partition coefficient (Wildman–Crippen LogP) is 4.63. The Hall–Kier alpha value is -2.78. The first-order valence-corrected chi connectivity index (χ1v) is 10.1. The van der Waals surface area contributed by atoms with Crippen LogP contribution in [0, 0.1) is 0 Å². The van der Waals surface area contributed by atoms with Gasteiger partial charge in [0.25, 0.3) is 0 Å². The summed E-state index contributed by atoms with van der Waals surface area (Å²) in [5, 5.41) is 17.7. The van der Waals surface area contributed by atoms with E-state index in [1.54, 1.807) is 24.3 Å². The topological polar surface area (TPSA) is 87.1 Å². The second kappa shape index (κ2) is 13.6. The number of carboxylic acid groups (broad SMARTS) is 1. The zero-order valence-corrected chi connectivity index (χ0v) is 18.2. The number of carboxylic acids is 1. The highest BCUT2D eigenvalue weighted by Gasteiger charge is 2.30. The number of phenols is 1. The van der Waals surface area contributed by atoms with E-state index in [4.69, 9.17) is 26.6 Å². The number of halogens is 4. The van der Waals surface area contributed by atoms with Crippen molar-refractivity contribution in [3.8, 4) is 5.75 Å². The molecule has 2 N–H and O–H groups in total. The molecule has 0 aromatic heterocycles. The lowest BCUT2D eigenvalue weighted by molar-refractivity contribution is -0.138. The summed E-state index contributed by atoms with van der Waals surface area (Å²) < 4.78 is 40.7. The van der Waals surface area contributed by atoms with Gasteiger partial charge in [0.1, 0.15) is 5.75 Å². The molecule has 0 spiro atoms. The lowest BCUT2D eigenvalue weighted by atomic mass is 10.2. The highest BCUT2D eigenvalue weighted by molar-refractivity contribution is 6.30. The smallest absolute Gasteiger partial charge is 0.416 e. The molecule has 1 saturated heterocycles. The van der Waals surface area contributed by atoms with Crippen LogP contribution in [-0.2, 0) is 26.9 Å². The van der Waals surface area contributed by atoms with Gasteiger partial charge in [-0.1, -0.05) is 36.7 Å². The molecule has 3 rings (SSSR count). The molecular weight excluding hydrogens is 451 g/mol. The Morgan fingerprint density at radius 2 is 1.69 bits per heavy atom. The summed E-state index contributed by atoms with van der Waals surface area (Å²) in [6, 6.07) is 10.7. The molecule has 1 fully saturated rings. The van der Waals surface area contributed by atoms with Gasteiger partial charge in [0.2, 0.25) is 5.91 Å². The molecule has 0 saturated carbocycles. The normalized spacial score (nSPS) is 13.2. The second-order valence-corrected chi connectivity index (χ2v) is 7.03. The molecule has 2 aromatic rings. The number of hydrogen-bond donors (Lipinski definition) is 2. The summed E-state index contributed by atoms with van der Waals surface area (Å²) in [7, 11) is 0. The van der Waals surface area contributed by atoms with Crippen molar-refractivity contribution in [3.05, 3.63) is 64.7 Å². The number of phenolic OH excluding ortho intramolecular Hbond substituents is 1. The van der Waals surface area contributed by atoms with Gasteiger partial charge in [0, 0.05) is 24.5 Å². The average Bonchev–Trinajstić information content (AvgIpc) is 2.75. The van der Waals surface area contributed by atoms with Crippen LogP contribution in [0.4, 0.5) is 13.2 Å². The molecular formula is C22H25ClF3NO5. The standard InChI is InChI=1S/C8H7ClO2.C7H5F3O.C7H13NO2/c9-7-3-1-6(2-4-7)5-8(10)11;8-7(9,10)5-2-1-3-6(11)4-5;1-2-7(9)8-3-5-10-6-4-8/h1-4H,5H2,(H,10,11);1-4,11H;2-6H2,1H3. The largest absolute Gasteiger partial charge is 0.508 e. The number of nitrogens with zero attached hydrogens (tertiary/aromatic N) is 1. The molecule has 0 unspecified atom stereocenters. The van der Waals surface area contributed by atoms with Crippen molar-refractivity contribution < 1.29 is 37.7 Å². The van der Waals surface area contributed by atoms with Crippen LogP contribution in [0.25, 0.3) is 0 Å². The first-order chi connectivity index (χ1) is 15.0. The van der Waals surface area contributed by atoms with Crippen molar-refractivity contribution in [3.63, 3.8) is 0 Å². The molecule has 0 bridgehead atoms. The molecule has 2 aromatic carbocycles. The summed E-state index contributed by atoms with van der Waals surface area (Å²) in [6.45, 7) is 4.83. The molecule has 1 amide bonds. The van der Waals surface area contributed by atoms with Gasteiger partial charge in [0.15, 0.2) is 0 Å². The third-order valence-electron chi connectivity index (χ3n) is 4.11. The molecule has 0 atom stereocenters. The predicted molar refractivity (Wildman–Crippen MR) is 114 cm³/mol. The summed E-state index contributed by atoms with van der Waals surface area (Å²) >= 11 is 5.60. The number of aromatic hydroxyl groups is 1. The molecule has 176 valence electrons. The minimum atomic E-state index is -4.38. The van der Waals surface area contributed by atoms with Crippen LogP contribution < -0.4 is 0 Å². The fourth-order valence-corrected chi connectivity index (χ4v) is 2.62. The Bertz CT molecular complexity index is 853. The van der Waals surface area contributed by atoms with E-state index in [9.17, 15) is 22.8 Å². The van der Waals surface area contributed by atoms with Crippen LogP contribution in [0.2, 0.25) is 5.02 Å². The Labute approximate surface area is 189 Å². The Kier molecular flexibility index (Phi) is 11.6. The first kappa shape index (κ1) is 27.3.